The SMILES string of the molecule is O=C([C@@H]1CCC(=O)N(C2CCCC2)C1)N1CCN(c2ncn[nH]2)CC1. The quantitative estimate of drug-likeness (QED) is 0.868. The zero-order chi connectivity index (χ0) is 17.2. The van der Waals surface area contributed by atoms with Gasteiger partial charge < -0.3 is 14.7 Å². The summed E-state index contributed by atoms with van der Waals surface area (Å²) < 4.78 is 0. The maximum atomic E-state index is 12.9. The molecule has 1 saturated carbocycles. The maximum absolute atomic E-state index is 12.9. The van der Waals surface area contributed by atoms with Crippen molar-refractivity contribution in [3.8, 4) is 0 Å². The standard InChI is InChI=1S/C17H26N6O2/c24-15-6-5-13(11-23(15)14-3-1-2-4-14)16(25)21-7-9-22(10-8-21)17-18-12-19-20-17/h12-14H,1-11H2,(H,18,19,20)/t13-/m1/s1. The molecule has 0 unspecified atom stereocenters. The summed E-state index contributed by atoms with van der Waals surface area (Å²) >= 11 is 0. The van der Waals surface area contributed by atoms with Crippen molar-refractivity contribution >= 4 is 17.8 Å². The first-order chi connectivity index (χ1) is 12.2. The van der Waals surface area contributed by atoms with Crippen LogP contribution in [-0.4, -0.2) is 75.6 Å². The Morgan fingerprint density at radius 1 is 1.12 bits per heavy atom. The van der Waals surface area contributed by atoms with Gasteiger partial charge in [0.15, 0.2) is 0 Å². The zero-order valence-electron chi connectivity index (χ0n) is 14.6. The Morgan fingerprint density at radius 2 is 1.88 bits per heavy atom. The van der Waals surface area contributed by atoms with E-state index in [1.807, 2.05) is 9.80 Å². The first-order valence-corrected chi connectivity index (χ1v) is 9.41. The smallest absolute Gasteiger partial charge is 0.227 e. The highest BCUT2D eigenvalue weighted by Crippen LogP contribution is 2.29. The van der Waals surface area contributed by atoms with Gasteiger partial charge in [0, 0.05) is 45.2 Å². The van der Waals surface area contributed by atoms with Gasteiger partial charge in [-0.25, -0.2) is 5.10 Å². The van der Waals surface area contributed by atoms with Crippen molar-refractivity contribution in [1.82, 2.24) is 25.0 Å². The van der Waals surface area contributed by atoms with E-state index in [1.54, 1.807) is 0 Å². The summed E-state index contributed by atoms with van der Waals surface area (Å²) in [6.07, 6.45) is 7.33. The fourth-order valence-corrected chi connectivity index (χ4v) is 4.39. The van der Waals surface area contributed by atoms with E-state index >= 15 is 0 Å². The summed E-state index contributed by atoms with van der Waals surface area (Å²) in [4.78, 5) is 35.5. The van der Waals surface area contributed by atoms with Gasteiger partial charge in [0.25, 0.3) is 0 Å². The van der Waals surface area contributed by atoms with E-state index in [0.29, 0.717) is 38.5 Å². The molecule has 3 aliphatic rings. The van der Waals surface area contributed by atoms with Crippen molar-refractivity contribution in [1.29, 1.82) is 0 Å². The number of hydrogen-bond acceptors (Lipinski definition) is 5. The van der Waals surface area contributed by atoms with Crippen molar-refractivity contribution in [2.45, 2.75) is 44.6 Å². The van der Waals surface area contributed by atoms with Crippen LogP contribution in [0.4, 0.5) is 5.95 Å². The lowest BCUT2D eigenvalue weighted by molar-refractivity contribution is -0.145. The number of anilines is 1. The molecule has 2 aliphatic heterocycles. The average molecular weight is 346 g/mol. The van der Waals surface area contributed by atoms with Crippen molar-refractivity contribution < 1.29 is 9.59 Å². The number of hydrogen-bond donors (Lipinski definition) is 1. The van der Waals surface area contributed by atoms with Gasteiger partial charge >= 0.3 is 0 Å². The summed E-state index contributed by atoms with van der Waals surface area (Å²) in [5.41, 5.74) is 0. The number of nitrogens with one attached hydrogen (secondary N) is 1. The Morgan fingerprint density at radius 3 is 2.56 bits per heavy atom. The van der Waals surface area contributed by atoms with Crippen molar-refractivity contribution in [3.63, 3.8) is 0 Å². The highest BCUT2D eigenvalue weighted by molar-refractivity contribution is 5.84. The maximum Gasteiger partial charge on any atom is 0.227 e. The number of carbonyl (C=O) groups excluding carboxylic acids is 2. The van der Waals surface area contributed by atoms with Gasteiger partial charge in [-0.05, 0) is 19.3 Å². The first kappa shape index (κ1) is 16.4. The number of carbonyl (C=O) groups is 2. The predicted molar refractivity (Wildman–Crippen MR) is 91.9 cm³/mol. The first-order valence-electron chi connectivity index (χ1n) is 9.41. The molecule has 25 heavy (non-hydrogen) atoms. The molecule has 8 heteroatoms. The summed E-state index contributed by atoms with van der Waals surface area (Å²) in [6, 6.07) is 0.367. The van der Waals surface area contributed by atoms with Crippen LogP contribution in [0.5, 0.6) is 0 Å². The van der Waals surface area contributed by atoms with E-state index in [9.17, 15) is 9.59 Å². The third-order valence-corrected chi connectivity index (χ3v) is 5.85. The van der Waals surface area contributed by atoms with Crippen molar-refractivity contribution in [3.05, 3.63) is 6.33 Å². The molecular formula is C17H26N6O2. The van der Waals surface area contributed by atoms with Crippen LogP contribution < -0.4 is 4.90 Å². The van der Waals surface area contributed by atoms with Crippen LogP contribution in [0.2, 0.25) is 0 Å². The molecule has 8 nitrogen and oxygen atoms in total. The number of aromatic amines is 1. The van der Waals surface area contributed by atoms with Crippen molar-refractivity contribution in [2.75, 3.05) is 37.6 Å². The lowest BCUT2D eigenvalue weighted by atomic mass is 9.94. The van der Waals surface area contributed by atoms with Crippen LogP contribution in [0.3, 0.4) is 0 Å². The largest absolute Gasteiger partial charge is 0.339 e. The van der Waals surface area contributed by atoms with Gasteiger partial charge in [0.2, 0.25) is 17.8 Å². The number of amides is 2. The third-order valence-electron chi connectivity index (χ3n) is 5.85. The summed E-state index contributed by atoms with van der Waals surface area (Å²) in [5.74, 6) is 1.19. The number of rotatable bonds is 3. The van der Waals surface area contributed by atoms with Gasteiger partial charge in [-0.3, -0.25) is 9.59 Å². The Labute approximate surface area is 147 Å². The molecule has 2 saturated heterocycles. The third kappa shape index (κ3) is 3.34. The lowest BCUT2D eigenvalue weighted by Gasteiger charge is -2.40. The van der Waals surface area contributed by atoms with E-state index in [2.05, 4.69) is 20.1 Å². The monoisotopic (exact) mass is 346 g/mol. The Bertz CT molecular complexity index is 605. The van der Waals surface area contributed by atoms with E-state index in [-0.39, 0.29) is 17.7 Å². The molecule has 1 aromatic heterocycles. The Kier molecular flexibility index (Phi) is 4.59. The van der Waals surface area contributed by atoms with E-state index < -0.39 is 0 Å². The van der Waals surface area contributed by atoms with Crippen LogP contribution in [0.25, 0.3) is 0 Å². The van der Waals surface area contributed by atoms with Gasteiger partial charge in [-0.1, -0.05) is 12.8 Å². The highest BCUT2D eigenvalue weighted by Gasteiger charge is 2.37. The number of H-pyrrole nitrogens is 1. The number of likely N-dealkylation sites (tertiary alicyclic amines) is 1. The van der Waals surface area contributed by atoms with Crippen LogP contribution >= 0.6 is 0 Å². The second-order valence-corrected chi connectivity index (χ2v) is 7.34. The van der Waals surface area contributed by atoms with E-state index in [1.165, 1.54) is 19.2 Å². The second kappa shape index (κ2) is 7.01. The number of piperazine rings is 1. The fourth-order valence-electron chi connectivity index (χ4n) is 4.39. The number of nitrogens with zero attached hydrogens (tertiary/aromatic N) is 5. The molecule has 136 valence electrons. The van der Waals surface area contributed by atoms with Gasteiger partial charge in [0.05, 0.1) is 5.92 Å². The molecule has 0 spiro atoms. The molecule has 3 heterocycles. The van der Waals surface area contributed by atoms with Gasteiger partial charge in [0.1, 0.15) is 6.33 Å². The summed E-state index contributed by atoms with van der Waals surface area (Å²) in [5, 5.41) is 6.76. The molecule has 4 rings (SSSR count). The topological polar surface area (TPSA) is 85.4 Å². The number of aromatic nitrogens is 3. The minimum absolute atomic E-state index is 0.0323. The molecule has 3 fully saturated rings. The molecule has 1 aliphatic carbocycles. The summed E-state index contributed by atoms with van der Waals surface area (Å²) in [6.45, 7) is 3.54. The molecule has 2 amide bonds. The van der Waals surface area contributed by atoms with Crippen LogP contribution in [0, 0.1) is 5.92 Å². The fraction of sp³-hybridized carbons (Fsp3) is 0.765. The van der Waals surface area contributed by atoms with Crippen LogP contribution in [0.15, 0.2) is 6.33 Å². The van der Waals surface area contributed by atoms with Crippen LogP contribution in [-0.2, 0) is 9.59 Å². The molecule has 1 N–H and O–H groups in total. The molecule has 1 aromatic rings. The minimum Gasteiger partial charge on any atom is -0.339 e. The lowest BCUT2D eigenvalue weighted by Crippen LogP contribution is -2.54. The van der Waals surface area contributed by atoms with Gasteiger partial charge in [-0.2, -0.15) is 10.1 Å². The zero-order valence-corrected chi connectivity index (χ0v) is 14.6. The normalized spacial score (nSPS) is 25.7. The molecular weight excluding hydrogens is 320 g/mol. The average Bonchev–Trinajstić information content (AvgIpc) is 3.35. The molecule has 0 radical (unpaired) electrons. The molecule has 1 atom stereocenters. The highest BCUT2D eigenvalue weighted by atomic mass is 16.2. The van der Waals surface area contributed by atoms with Crippen molar-refractivity contribution in [2.24, 2.45) is 5.92 Å². The minimum atomic E-state index is -0.0323. The van der Waals surface area contributed by atoms with Gasteiger partial charge in [-0.15, -0.1) is 0 Å². The van der Waals surface area contributed by atoms with E-state index in [4.69, 9.17) is 0 Å². The molecule has 0 bridgehead atoms. The van der Waals surface area contributed by atoms with E-state index in [0.717, 1.165) is 31.9 Å². The summed E-state index contributed by atoms with van der Waals surface area (Å²) in [7, 11) is 0. The Balaban J connectivity index is 1.34. The number of piperidine rings is 1. The van der Waals surface area contributed by atoms with Crippen LogP contribution in [0.1, 0.15) is 38.5 Å². The Hall–Kier alpha value is -2.12. The molecule has 0 aromatic carbocycles. The second-order valence-electron chi connectivity index (χ2n) is 7.34. The predicted octanol–water partition coefficient (Wildman–Crippen LogP) is 0.635.